The molecule has 0 unspecified atom stereocenters. The third-order valence-corrected chi connectivity index (χ3v) is 3.25. The highest BCUT2D eigenvalue weighted by Gasteiger charge is 2.40. The van der Waals surface area contributed by atoms with Gasteiger partial charge in [0.25, 0.3) is 5.79 Å². The topological polar surface area (TPSA) is 52.6 Å². The smallest absolute Gasteiger partial charge is 0.349 e. The Morgan fingerprint density at radius 1 is 1.05 bits per heavy atom. The van der Waals surface area contributed by atoms with Crippen molar-refractivity contribution < 1.29 is 19.1 Å². The summed E-state index contributed by atoms with van der Waals surface area (Å²) in [6, 6.07) is 9.66. The van der Waals surface area contributed by atoms with Crippen LogP contribution in [0, 0.1) is 5.92 Å². The summed E-state index contributed by atoms with van der Waals surface area (Å²) in [6.45, 7) is 6.90. The van der Waals surface area contributed by atoms with Gasteiger partial charge in [0.05, 0.1) is 0 Å². The summed E-state index contributed by atoms with van der Waals surface area (Å²) in [7, 11) is 0. The number of allylic oxidation sites excluding steroid dienone is 2. The number of carbonyl (C=O) groups is 2. The maximum absolute atomic E-state index is 12.2. The highest BCUT2D eigenvalue weighted by molar-refractivity contribution is 6.16. The van der Waals surface area contributed by atoms with Crippen LogP contribution in [0.25, 0.3) is 6.08 Å². The Morgan fingerprint density at radius 2 is 1.59 bits per heavy atom. The molecule has 0 saturated carbocycles. The van der Waals surface area contributed by atoms with Crippen LogP contribution in [0.5, 0.6) is 0 Å². The first-order valence-corrected chi connectivity index (χ1v) is 7.24. The number of cyclic esters (lactones) is 2. The van der Waals surface area contributed by atoms with Crippen molar-refractivity contribution >= 4 is 18.0 Å². The minimum absolute atomic E-state index is 0.0173. The molecule has 0 aliphatic carbocycles. The van der Waals surface area contributed by atoms with E-state index in [1.807, 2.05) is 50.3 Å². The second-order valence-electron chi connectivity index (χ2n) is 5.91. The number of rotatable bonds is 3. The molecule has 1 saturated heterocycles. The second kappa shape index (κ2) is 6.18. The molecule has 1 aliphatic rings. The molecule has 1 aromatic rings. The highest BCUT2D eigenvalue weighted by Crippen LogP contribution is 2.28. The van der Waals surface area contributed by atoms with Gasteiger partial charge in [-0.05, 0) is 17.1 Å². The van der Waals surface area contributed by atoms with Crippen LogP contribution >= 0.6 is 0 Å². The summed E-state index contributed by atoms with van der Waals surface area (Å²) in [5, 5.41) is 0. The number of carbonyl (C=O) groups excluding carboxylic acids is 2. The van der Waals surface area contributed by atoms with Gasteiger partial charge >= 0.3 is 11.9 Å². The zero-order valence-corrected chi connectivity index (χ0v) is 13.3. The predicted octanol–water partition coefficient (Wildman–Crippen LogP) is 3.49. The Balaban J connectivity index is 2.40. The van der Waals surface area contributed by atoms with Gasteiger partial charge in [0, 0.05) is 13.8 Å². The molecule has 0 N–H and O–H groups in total. The van der Waals surface area contributed by atoms with E-state index in [2.05, 4.69) is 0 Å². The van der Waals surface area contributed by atoms with E-state index < -0.39 is 17.7 Å². The van der Waals surface area contributed by atoms with E-state index in [-0.39, 0.29) is 11.5 Å². The summed E-state index contributed by atoms with van der Waals surface area (Å²) in [4.78, 5) is 24.3. The number of ether oxygens (including phenoxy) is 2. The standard InChI is InChI=1S/C18H20O4/c1-12(2)14(11-10-13-8-6-5-7-9-13)15-16(19)21-18(3,4)22-17(15)20/h5-12H,1-4H3/b11-10+. The Bertz CT molecular complexity index is 614. The molecule has 22 heavy (non-hydrogen) atoms. The normalized spacial score (nSPS) is 17.6. The number of esters is 2. The molecule has 4 heteroatoms. The van der Waals surface area contributed by atoms with Gasteiger partial charge in [-0.3, -0.25) is 0 Å². The quantitative estimate of drug-likeness (QED) is 0.487. The number of benzene rings is 1. The second-order valence-corrected chi connectivity index (χ2v) is 5.91. The van der Waals surface area contributed by atoms with Crippen LogP contribution in [0.4, 0.5) is 0 Å². The largest absolute Gasteiger partial charge is 0.419 e. The van der Waals surface area contributed by atoms with Crippen molar-refractivity contribution in [1.29, 1.82) is 0 Å². The SMILES string of the molecule is CC(C)C(/C=C/c1ccccc1)=C1C(=O)OC(C)(C)OC1=O. The molecule has 0 atom stereocenters. The number of hydrogen-bond acceptors (Lipinski definition) is 4. The molecule has 116 valence electrons. The van der Waals surface area contributed by atoms with Crippen LogP contribution in [0.15, 0.2) is 47.6 Å². The summed E-state index contributed by atoms with van der Waals surface area (Å²) in [6.07, 6.45) is 3.64. The molecule has 1 fully saturated rings. The highest BCUT2D eigenvalue weighted by atomic mass is 16.7. The average Bonchev–Trinajstić information content (AvgIpc) is 2.41. The van der Waals surface area contributed by atoms with E-state index in [4.69, 9.17) is 9.47 Å². The van der Waals surface area contributed by atoms with Crippen molar-refractivity contribution in [2.45, 2.75) is 33.5 Å². The van der Waals surface area contributed by atoms with Crippen LogP contribution in [0.3, 0.4) is 0 Å². The van der Waals surface area contributed by atoms with Gasteiger partial charge in [0.15, 0.2) is 0 Å². The van der Waals surface area contributed by atoms with Crippen molar-refractivity contribution in [3.8, 4) is 0 Å². The van der Waals surface area contributed by atoms with Gasteiger partial charge in [-0.1, -0.05) is 56.3 Å². The first kappa shape index (κ1) is 16.0. The average molecular weight is 300 g/mol. The van der Waals surface area contributed by atoms with Gasteiger partial charge in [0.2, 0.25) is 0 Å². The molecule has 1 aromatic carbocycles. The Labute approximate surface area is 130 Å². The predicted molar refractivity (Wildman–Crippen MR) is 83.6 cm³/mol. The van der Waals surface area contributed by atoms with Crippen molar-refractivity contribution in [2.75, 3.05) is 0 Å². The lowest BCUT2D eigenvalue weighted by Crippen LogP contribution is -2.42. The van der Waals surface area contributed by atoms with E-state index in [0.717, 1.165) is 5.56 Å². The summed E-state index contributed by atoms with van der Waals surface area (Å²) < 4.78 is 10.3. The fourth-order valence-corrected chi connectivity index (χ4v) is 2.20. The van der Waals surface area contributed by atoms with Gasteiger partial charge in [-0.25, -0.2) is 9.59 Å². The zero-order valence-electron chi connectivity index (χ0n) is 13.3. The molecule has 0 spiro atoms. The van der Waals surface area contributed by atoms with E-state index in [1.54, 1.807) is 6.08 Å². The van der Waals surface area contributed by atoms with Crippen molar-refractivity contribution in [3.05, 3.63) is 53.1 Å². The molecule has 2 rings (SSSR count). The van der Waals surface area contributed by atoms with E-state index >= 15 is 0 Å². The van der Waals surface area contributed by atoms with Crippen molar-refractivity contribution in [1.82, 2.24) is 0 Å². The van der Waals surface area contributed by atoms with Crippen LogP contribution in [-0.4, -0.2) is 17.7 Å². The lowest BCUT2D eigenvalue weighted by atomic mass is 9.95. The van der Waals surface area contributed by atoms with Crippen LogP contribution in [0.2, 0.25) is 0 Å². The molecule has 0 amide bonds. The summed E-state index contributed by atoms with van der Waals surface area (Å²) >= 11 is 0. The van der Waals surface area contributed by atoms with Gasteiger partial charge < -0.3 is 9.47 Å². The summed E-state index contributed by atoms with van der Waals surface area (Å²) in [5.74, 6) is -2.51. The first-order valence-electron chi connectivity index (χ1n) is 7.24. The maximum Gasteiger partial charge on any atom is 0.349 e. The van der Waals surface area contributed by atoms with E-state index in [9.17, 15) is 9.59 Å². The lowest BCUT2D eigenvalue weighted by Gasteiger charge is -2.31. The van der Waals surface area contributed by atoms with E-state index in [1.165, 1.54) is 13.8 Å². The van der Waals surface area contributed by atoms with Crippen LogP contribution in [-0.2, 0) is 19.1 Å². The van der Waals surface area contributed by atoms with Crippen molar-refractivity contribution in [3.63, 3.8) is 0 Å². The van der Waals surface area contributed by atoms with E-state index in [0.29, 0.717) is 5.57 Å². The maximum atomic E-state index is 12.2. The molecule has 0 radical (unpaired) electrons. The fraction of sp³-hybridized carbons (Fsp3) is 0.333. The third kappa shape index (κ3) is 3.64. The molecule has 1 aliphatic heterocycles. The zero-order chi connectivity index (χ0) is 16.3. The molecule has 1 heterocycles. The Hall–Kier alpha value is -2.36. The minimum Gasteiger partial charge on any atom is -0.419 e. The third-order valence-electron chi connectivity index (χ3n) is 3.25. The van der Waals surface area contributed by atoms with Crippen LogP contribution < -0.4 is 0 Å². The van der Waals surface area contributed by atoms with Gasteiger partial charge in [0.1, 0.15) is 5.57 Å². The van der Waals surface area contributed by atoms with Crippen molar-refractivity contribution in [2.24, 2.45) is 5.92 Å². The molecule has 0 bridgehead atoms. The van der Waals surface area contributed by atoms with Gasteiger partial charge in [-0.15, -0.1) is 0 Å². The number of hydrogen-bond donors (Lipinski definition) is 0. The van der Waals surface area contributed by atoms with Gasteiger partial charge in [-0.2, -0.15) is 0 Å². The lowest BCUT2D eigenvalue weighted by molar-refractivity contribution is -0.222. The monoisotopic (exact) mass is 300 g/mol. The molecular weight excluding hydrogens is 280 g/mol. The molecule has 4 nitrogen and oxygen atoms in total. The fourth-order valence-electron chi connectivity index (χ4n) is 2.20. The molecular formula is C18H20O4. The Morgan fingerprint density at radius 3 is 2.09 bits per heavy atom. The minimum atomic E-state index is -1.22. The first-order chi connectivity index (χ1) is 10.3. The van der Waals surface area contributed by atoms with Crippen LogP contribution in [0.1, 0.15) is 33.3 Å². The summed E-state index contributed by atoms with van der Waals surface area (Å²) in [5.41, 5.74) is 1.56. The molecule has 0 aromatic heterocycles. The Kier molecular flexibility index (Phi) is 4.50.